The third-order valence-electron chi connectivity index (χ3n) is 5.40. The molecular formula is C27H28N4O3S2. The number of hydrogen-bond donors (Lipinski definition) is 3. The molecule has 3 aromatic carbocycles. The Kier molecular flexibility index (Phi) is 8.80. The summed E-state index contributed by atoms with van der Waals surface area (Å²) in [4.78, 5) is 21.7. The molecule has 1 heterocycles. The van der Waals surface area contributed by atoms with Crippen molar-refractivity contribution in [1.82, 2.24) is 15.3 Å². The van der Waals surface area contributed by atoms with Gasteiger partial charge in [0.1, 0.15) is 11.5 Å². The highest BCUT2D eigenvalue weighted by Gasteiger charge is 2.15. The van der Waals surface area contributed by atoms with Crippen LogP contribution in [0.5, 0.6) is 11.5 Å². The number of amides is 2. The van der Waals surface area contributed by atoms with E-state index in [9.17, 15) is 4.79 Å². The molecule has 3 N–H and O–H groups in total. The summed E-state index contributed by atoms with van der Waals surface area (Å²) in [6.07, 6.45) is 2.02. The van der Waals surface area contributed by atoms with Gasteiger partial charge in [-0.05, 0) is 79.1 Å². The van der Waals surface area contributed by atoms with E-state index in [4.69, 9.17) is 14.5 Å². The van der Waals surface area contributed by atoms with Crippen molar-refractivity contribution in [2.45, 2.75) is 10.1 Å². The molecule has 0 aliphatic heterocycles. The smallest absolute Gasteiger partial charge is 0.319 e. The van der Waals surface area contributed by atoms with E-state index < -0.39 is 0 Å². The van der Waals surface area contributed by atoms with Crippen molar-refractivity contribution < 1.29 is 14.3 Å². The fourth-order valence-electron chi connectivity index (χ4n) is 3.51. The van der Waals surface area contributed by atoms with Gasteiger partial charge < -0.3 is 25.1 Å². The van der Waals surface area contributed by atoms with Crippen LogP contribution in [0.3, 0.4) is 0 Å². The number of urea groups is 1. The minimum Gasteiger partial charge on any atom is -0.497 e. The van der Waals surface area contributed by atoms with E-state index in [2.05, 4.69) is 15.6 Å². The lowest BCUT2D eigenvalue weighted by Crippen LogP contribution is -2.30. The Morgan fingerprint density at radius 2 is 1.50 bits per heavy atom. The number of H-pyrrole nitrogens is 1. The van der Waals surface area contributed by atoms with Gasteiger partial charge in [0.2, 0.25) is 0 Å². The summed E-state index contributed by atoms with van der Waals surface area (Å²) in [5.74, 6) is 2.25. The summed E-state index contributed by atoms with van der Waals surface area (Å²) in [7, 11) is 3.30. The molecule has 0 bridgehead atoms. The Morgan fingerprint density at radius 3 is 2.08 bits per heavy atom. The molecule has 0 unspecified atom stereocenters. The van der Waals surface area contributed by atoms with Crippen molar-refractivity contribution in [1.29, 1.82) is 0 Å². The van der Waals surface area contributed by atoms with Crippen molar-refractivity contribution in [3.8, 4) is 34.0 Å². The first kappa shape index (κ1) is 25.5. The third-order valence-corrected chi connectivity index (χ3v) is 7.02. The third kappa shape index (κ3) is 6.56. The summed E-state index contributed by atoms with van der Waals surface area (Å²) in [6.45, 7) is 0.496. The zero-order valence-electron chi connectivity index (χ0n) is 20.3. The number of aromatic nitrogens is 2. The number of rotatable bonds is 10. The van der Waals surface area contributed by atoms with Gasteiger partial charge >= 0.3 is 6.03 Å². The molecule has 0 fully saturated rings. The number of hydrogen-bond acceptors (Lipinski definition) is 6. The van der Waals surface area contributed by atoms with Crippen LogP contribution in [0.4, 0.5) is 10.5 Å². The summed E-state index contributed by atoms with van der Waals surface area (Å²) < 4.78 is 10.6. The fourth-order valence-corrected chi connectivity index (χ4v) is 4.64. The second-order valence-electron chi connectivity index (χ2n) is 7.68. The van der Waals surface area contributed by atoms with Crippen molar-refractivity contribution in [3.63, 3.8) is 0 Å². The number of anilines is 1. The van der Waals surface area contributed by atoms with Crippen LogP contribution >= 0.6 is 23.5 Å². The first-order valence-corrected chi connectivity index (χ1v) is 13.5. The molecule has 1 aromatic heterocycles. The van der Waals surface area contributed by atoms with Crippen LogP contribution in [-0.4, -0.2) is 48.8 Å². The van der Waals surface area contributed by atoms with Crippen LogP contribution in [0.15, 0.2) is 82.8 Å². The minimum atomic E-state index is -0.232. The van der Waals surface area contributed by atoms with Gasteiger partial charge in [-0.1, -0.05) is 11.8 Å². The maximum atomic E-state index is 12.2. The van der Waals surface area contributed by atoms with E-state index in [-0.39, 0.29) is 6.03 Å². The summed E-state index contributed by atoms with van der Waals surface area (Å²) >= 11 is 3.21. The van der Waals surface area contributed by atoms with Gasteiger partial charge in [0.15, 0.2) is 5.16 Å². The number of ether oxygens (including phenoxy) is 2. The number of nitrogens with zero attached hydrogens (tertiary/aromatic N) is 1. The zero-order chi connectivity index (χ0) is 25.3. The Morgan fingerprint density at radius 1 is 0.889 bits per heavy atom. The molecule has 4 aromatic rings. The van der Waals surface area contributed by atoms with E-state index in [0.717, 1.165) is 49.8 Å². The van der Waals surface area contributed by atoms with Gasteiger partial charge in [-0.25, -0.2) is 9.78 Å². The molecule has 0 aliphatic carbocycles. The van der Waals surface area contributed by atoms with Gasteiger partial charge in [0, 0.05) is 34.0 Å². The molecule has 186 valence electrons. The molecule has 0 saturated heterocycles. The number of methoxy groups -OCH3 is 2. The number of benzene rings is 3. The first-order valence-electron chi connectivity index (χ1n) is 11.3. The Hall–Kier alpha value is -3.56. The largest absolute Gasteiger partial charge is 0.497 e. The van der Waals surface area contributed by atoms with Crippen LogP contribution in [0.2, 0.25) is 0 Å². The summed E-state index contributed by atoms with van der Waals surface area (Å²) in [6, 6.07) is 23.2. The highest BCUT2D eigenvalue weighted by atomic mass is 32.2. The Bertz CT molecular complexity index is 1210. The fraction of sp³-hybridized carbons (Fsp3) is 0.185. The SMILES string of the molecule is COc1ccc(-c2nc(SCCNC(=O)Nc3ccc(SC)cc3)[nH]c2-c2ccc(OC)cc2)cc1. The highest BCUT2D eigenvalue weighted by Crippen LogP contribution is 2.34. The molecule has 4 rings (SSSR count). The van der Waals surface area contributed by atoms with E-state index in [0.29, 0.717) is 12.3 Å². The first-order chi connectivity index (χ1) is 17.6. The van der Waals surface area contributed by atoms with Crippen LogP contribution < -0.4 is 20.1 Å². The van der Waals surface area contributed by atoms with Crippen molar-refractivity contribution in [2.75, 3.05) is 38.1 Å². The molecule has 0 aliphatic rings. The molecule has 0 radical (unpaired) electrons. The summed E-state index contributed by atoms with van der Waals surface area (Å²) in [5.41, 5.74) is 4.52. The van der Waals surface area contributed by atoms with Crippen LogP contribution in [-0.2, 0) is 0 Å². The lowest BCUT2D eigenvalue weighted by Gasteiger charge is -2.07. The second kappa shape index (κ2) is 12.4. The van der Waals surface area contributed by atoms with Crippen molar-refractivity contribution in [3.05, 3.63) is 72.8 Å². The monoisotopic (exact) mass is 520 g/mol. The topological polar surface area (TPSA) is 88.3 Å². The number of nitrogens with one attached hydrogen (secondary N) is 3. The number of thioether (sulfide) groups is 2. The van der Waals surface area contributed by atoms with E-state index in [1.165, 1.54) is 0 Å². The molecule has 0 saturated carbocycles. The molecule has 0 spiro atoms. The number of aromatic amines is 1. The summed E-state index contributed by atoms with van der Waals surface area (Å²) in [5, 5.41) is 6.53. The van der Waals surface area contributed by atoms with Crippen molar-refractivity contribution in [2.24, 2.45) is 0 Å². The standard InChI is InChI=1S/C27H28N4O3S2/c1-33-21-10-4-18(5-11-21)24-25(19-6-12-22(34-2)13-7-19)31-27(30-24)36-17-16-28-26(32)29-20-8-14-23(35-3)15-9-20/h4-15H,16-17H2,1-3H3,(H,30,31)(H2,28,29,32). The average molecular weight is 521 g/mol. The molecule has 2 amide bonds. The van der Waals surface area contributed by atoms with Crippen LogP contribution in [0, 0.1) is 0 Å². The van der Waals surface area contributed by atoms with Crippen LogP contribution in [0.1, 0.15) is 0 Å². The predicted octanol–water partition coefficient (Wildman–Crippen LogP) is 6.40. The number of imidazole rings is 1. The number of carbonyl (C=O) groups is 1. The Balaban J connectivity index is 1.41. The molecule has 0 atom stereocenters. The predicted molar refractivity (Wildman–Crippen MR) is 149 cm³/mol. The lowest BCUT2D eigenvalue weighted by molar-refractivity contribution is 0.252. The van der Waals surface area contributed by atoms with Crippen LogP contribution in [0.25, 0.3) is 22.5 Å². The quantitative estimate of drug-likeness (QED) is 0.166. The zero-order valence-corrected chi connectivity index (χ0v) is 22.0. The van der Waals surface area contributed by atoms with Gasteiger partial charge in [-0.3, -0.25) is 0 Å². The minimum absolute atomic E-state index is 0.232. The highest BCUT2D eigenvalue weighted by molar-refractivity contribution is 7.99. The van der Waals surface area contributed by atoms with E-state index in [1.54, 1.807) is 37.7 Å². The van der Waals surface area contributed by atoms with Gasteiger partial charge in [0.25, 0.3) is 0 Å². The Labute approximate surface area is 219 Å². The molecular weight excluding hydrogens is 492 g/mol. The maximum Gasteiger partial charge on any atom is 0.319 e. The van der Waals surface area contributed by atoms with Gasteiger partial charge in [-0.15, -0.1) is 11.8 Å². The molecule has 7 nitrogen and oxygen atoms in total. The van der Waals surface area contributed by atoms with E-state index in [1.807, 2.05) is 79.1 Å². The van der Waals surface area contributed by atoms with E-state index >= 15 is 0 Å². The second-order valence-corrected chi connectivity index (χ2v) is 9.64. The maximum absolute atomic E-state index is 12.2. The molecule has 9 heteroatoms. The lowest BCUT2D eigenvalue weighted by atomic mass is 10.0. The van der Waals surface area contributed by atoms with Gasteiger partial charge in [-0.2, -0.15) is 0 Å². The number of carbonyl (C=O) groups excluding carboxylic acids is 1. The van der Waals surface area contributed by atoms with Gasteiger partial charge in [0.05, 0.1) is 25.6 Å². The normalized spacial score (nSPS) is 10.6. The molecule has 36 heavy (non-hydrogen) atoms. The van der Waals surface area contributed by atoms with Crippen molar-refractivity contribution >= 4 is 35.2 Å². The average Bonchev–Trinajstić information content (AvgIpc) is 3.36.